The van der Waals surface area contributed by atoms with Crippen molar-refractivity contribution in [3.8, 4) is 0 Å². The number of carbonyl (C=O) groups excluding carboxylic acids is 4. The summed E-state index contributed by atoms with van der Waals surface area (Å²) in [6, 6.07) is 0. The number of amides is 2. The van der Waals surface area contributed by atoms with Crippen molar-refractivity contribution in [3.05, 3.63) is 22.2 Å². The molecule has 6 atom stereocenters. The molecule has 4 heterocycles. The number of rotatable bonds is 4. The van der Waals surface area contributed by atoms with Gasteiger partial charge in [0.1, 0.15) is 10.7 Å². The second kappa shape index (κ2) is 10.7. The third-order valence-electron chi connectivity index (χ3n) is 4.78. The molecule has 0 aromatic rings. The van der Waals surface area contributed by atoms with E-state index in [0.29, 0.717) is 0 Å². The average molecular weight is 474 g/mol. The molecule has 0 saturated carbocycles. The Morgan fingerprint density at radius 1 is 0.867 bits per heavy atom. The number of hydrogen-bond donors (Lipinski definition) is 2. The fraction of sp³-hybridized carbons (Fsp3) is 0.500. The topological polar surface area (TPSA) is 161 Å². The maximum atomic E-state index is 11.4. The standard InChI is InChI=1S/2C8H9NO4S.2Na/c2*1-3(10)5-6(11)9-4(8(12)13)2-14-7(5)9;;/h2*2-3,5,7,10H,1H3,(H,12,13);;/q;;2*+1/p-2/t2*3-,5?,7?;;/m11../s1. The zero-order chi connectivity index (χ0) is 20.9. The number of aliphatic hydroxyl groups excluding tert-OH is 2. The Morgan fingerprint density at radius 3 is 1.40 bits per heavy atom. The fourth-order valence-electron chi connectivity index (χ4n) is 3.34. The predicted molar refractivity (Wildman–Crippen MR) is 93.0 cm³/mol. The van der Waals surface area contributed by atoms with Crippen LogP contribution in [-0.2, 0) is 19.2 Å². The zero-order valence-electron chi connectivity index (χ0n) is 16.7. The first-order valence-electron chi connectivity index (χ1n) is 8.24. The molecule has 2 saturated heterocycles. The van der Waals surface area contributed by atoms with Gasteiger partial charge in [-0.2, -0.15) is 0 Å². The SMILES string of the molecule is C[C@@H](O)C1C(=O)N2C(C(=O)[O-])=CSC12.C[C@@H](O)C1C(=O)N2C(C(=O)[O-])=CSC12.[Na+].[Na+]. The summed E-state index contributed by atoms with van der Waals surface area (Å²) in [4.78, 5) is 46.3. The summed E-state index contributed by atoms with van der Waals surface area (Å²) in [6.45, 7) is 3.05. The van der Waals surface area contributed by atoms with E-state index < -0.39 is 36.0 Å². The molecule has 0 aromatic heterocycles. The van der Waals surface area contributed by atoms with Crippen molar-refractivity contribution in [3.63, 3.8) is 0 Å². The number of hydrogen-bond acceptors (Lipinski definition) is 10. The van der Waals surface area contributed by atoms with Crippen LogP contribution >= 0.6 is 23.5 Å². The van der Waals surface area contributed by atoms with Crippen LogP contribution in [0.15, 0.2) is 22.2 Å². The summed E-state index contributed by atoms with van der Waals surface area (Å²) < 4.78 is 0. The van der Waals surface area contributed by atoms with Gasteiger partial charge in [-0.25, -0.2) is 0 Å². The summed E-state index contributed by atoms with van der Waals surface area (Å²) >= 11 is 2.46. The third-order valence-corrected chi connectivity index (χ3v) is 7.07. The smallest absolute Gasteiger partial charge is 0.543 e. The van der Waals surface area contributed by atoms with Gasteiger partial charge in [0, 0.05) is 0 Å². The molecule has 0 aliphatic carbocycles. The van der Waals surface area contributed by atoms with Gasteiger partial charge in [-0.05, 0) is 24.7 Å². The number of nitrogens with zero attached hydrogens (tertiary/aromatic N) is 2. The number of aliphatic hydroxyl groups is 2. The van der Waals surface area contributed by atoms with Gasteiger partial charge >= 0.3 is 59.1 Å². The average Bonchev–Trinajstić information content (AvgIpc) is 3.13. The minimum absolute atomic E-state index is 0. The molecule has 4 aliphatic rings. The summed E-state index contributed by atoms with van der Waals surface area (Å²) in [7, 11) is 0. The molecule has 2 fully saturated rings. The van der Waals surface area contributed by atoms with Crippen LogP contribution in [0.2, 0.25) is 0 Å². The van der Waals surface area contributed by atoms with Crippen molar-refractivity contribution in [1.29, 1.82) is 0 Å². The van der Waals surface area contributed by atoms with Crippen LogP contribution in [0.5, 0.6) is 0 Å². The van der Waals surface area contributed by atoms with E-state index in [0.717, 1.165) is 9.80 Å². The normalized spacial score (nSPS) is 29.9. The maximum absolute atomic E-state index is 11.4. The monoisotopic (exact) mass is 474 g/mol. The molecule has 14 heteroatoms. The number of carboxylic acid groups (broad SMARTS) is 2. The van der Waals surface area contributed by atoms with Gasteiger partial charge in [-0.1, -0.05) is 0 Å². The summed E-state index contributed by atoms with van der Waals surface area (Å²) in [5, 5.41) is 41.9. The molecule has 4 unspecified atom stereocenters. The number of carbonyl (C=O) groups is 4. The van der Waals surface area contributed by atoms with Crippen LogP contribution in [-0.4, -0.2) is 66.7 Å². The zero-order valence-corrected chi connectivity index (χ0v) is 22.3. The minimum atomic E-state index is -1.35. The van der Waals surface area contributed by atoms with E-state index in [-0.39, 0.29) is 93.1 Å². The Labute approximate surface area is 224 Å². The molecule has 0 spiro atoms. The Morgan fingerprint density at radius 2 is 1.17 bits per heavy atom. The third kappa shape index (κ3) is 4.68. The van der Waals surface area contributed by atoms with E-state index in [1.165, 1.54) is 48.2 Å². The van der Waals surface area contributed by atoms with Crippen molar-refractivity contribution in [1.82, 2.24) is 9.80 Å². The van der Waals surface area contributed by atoms with E-state index in [4.69, 9.17) is 0 Å². The molecule has 4 rings (SSSR count). The van der Waals surface area contributed by atoms with Gasteiger partial charge in [0.15, 0.2) is 0 Å². The van der Waals surface area contributed by atoms with E-state index in [1.807, 2.05) is 0 Å². The van der Waals surface area contributed by atoms with Gasteiger partial charge in [0.25, 0.3) is 0 Å². The second-order valence-corrected chi connectivity index (χ2v) is 8.57. The van der Waals surface area contributed by atoms with Gasteiger partial charge in [-0.15, -0.1) is 23.5 Å². The number of carboxylic acids is 2. The Kier molecular flexibility index (Phi) is 10.0. The van der Waals surface area contributed by atoms with Crippen molar-refractivity contribution in [2.75, 3.05) is 0 Å². The Bertz CT molecular complexity index is 753. The second-order valence-electron chi connectivity index (χ2n) is 6.58. The first kappa shape index (κ1) is 28.0. The molecule has 0 aromatic carbocycles. The van der Waals surface area contributed by atoms with E-state index in [1.54, 1.807) is 0 Å². The van der Waals surface area contributed by atoms with Crippen LogP contribution in [0.1, 0.15) is 13.8 Å². The number of β-lactam (4-membered cyclic amide) rings is 2. The molecule has 30 heavy (non-hydrogen) atoms. The van der Waals surface area contributed by atoms with Gasteiger partial charge in [-0.3, -0.25) is 19.4 Å². The first-order chi connectivity index (χ1) is 13.1. The predicted octanol–water partition coefficient (Wildman–Crippen LogP) is -9.01. The first-order valence-corrected chi connectivity index (χ1v) is 10.1. The van der Waals surface area contributed by atoms with E-state index in [9.17, 15) is 39.6 Å². The Hall–Kier alpha value is -0.0200. The van der Waals surface area contributed by atoms with E-state index >= 15 is 0 Å². The molecule has 0 radical (unpaired) electrons. The minimum Gasteiger partial charge on any atom is -0.543 e. The summed E-state index contributed by atoms with van der Waals surface area (Å²) in [6.07, 6.45) is -1.49. The number of aliphatic carboxylic acids is 2. The molecular weight excluding hydrogens is 458 g/mol. The largest absolute Gasteiger partial charge is 1.00 e. The molecule has 10 nitrogen and oxygen atoms in total. The fourth-order valence-corrected chi connectivity index (χ4v) is 6.00. The van der Waals surface area contributed by atoms with Crippen LogP contribution in [0, 0.1) is 11.8 Å². The van der Waals surface area contributed by atoms with Crippen LogP contribution in [0.4, 0.5) is 0 Å². The number of thioether (sulfide) groups is 2. The Balaban J connectivity index is 0.000000281. The van der Waals surface area contributed by atoms with Crippen LogP contribution < -0.4 is 69.3 Å². The number of fused-ring (bicyclic) bond motifs is 2. The quantitative estimate of drug-likeness (QED) is 0.296. The van der Waals surface area contributed by atoms with Crippen molar-refractivity contribution >= 4 is 47.3 Å². The van der Waals surface area contributed by atoms with Crippen LogP contribution in [0.25, 0.3) is 0 Å². The van der Waals surface area contributed by atoms with Gasteiger partial charge < -0.3 is 30.0 Å². The van der Waals surface area contributed by atoms with Gasteiger partial charge in [0.05, 0.1) is 47.4 Å². The van der Waals surface area contributed by atoms with Crippen molar-refractivity contribution in [2.24, 2.45) is 11.8 Å². The van der Waals surface area contributed by atoms with Crippen molar-refractivity contribution < 1.29 is 98.7 Å². The molecular formula is C16H16N2Na2O8S2. The van der Waals surface area contributed by atoms with Crippen LogP contribution in [0.3, 0.4) is 0 Å². The maximum Gasteiger partial charge on any atom is 1.00 e. The summed E-state index contributed by atoms with van der Waals surface area (Å²) in [5.74, 6) is -4.37. The molecule has 2 N–H and O–H groups in total. The summed E-state index contributed by atoms with van der Waals surface area (Å²) in [5.41, 5.74) is -0.191. The molecule has 4 aliphatic heterocycles. The molecule has 152 valence electrons. The van der Waals surface area contributed by atoms with E-state index in [2.05, 4.69) is 0 Å². The van der Waals surface area contributed by atoms with Gasteiger partial charge in [0.2, 0.25) is 11.8 Å². The van der Waals surface area contributed by atoms with Crippen molar-refractivity contribution in [2.45, 2.75) is 36.8 Å². The molecule has 2 amide bonds. The molecule has 0 bridgehead atoms.